The zero-order valence-electron chi connectivity index (χ0n) is 11.0. The summed E-state index contributed by atoms with van der Waals surface area (Å²) >= 11 is 0. The van der Waals surface area contributed by atoms with Crippen LogP contribution in [-0.2, 0) is 0 Å². The van der Waals surface area contributed by atoms with Crippen LogP contribution < -0.4 is 15.4 Å². The smallest absolute Gasteiger partial charge is 0.120 e. The predicted octanol–water partition coefficient (Wildman–Crippen LogP) is 2.47. The van der Waals surface area contributed by atoms with E-state index in [1.807, 2.05) is 24.3 Å². The average molecular weight is 247 g/mol. The first-order chi connectivity index (χ1) is 8.64. The fourth-order valence-electron chi connectivity index (χ4n) is 2.22. The monoisotopic (exact) mass is 247 g/mol. The number of methoxy groups -OCH3 is 1. The molecular weight excluding hydrogens is 226 g/mol. The molecule has 1 fully saturated rings. The first-order valence-corrected chi connectivity index (χ1v) is 6.35. The minimum Gasteiger partial charge on any atom is -0.497 e. The molecule has 1 aliphatic rings. The lowest BCUT2D eigenvalue weighted by molar-refractivity contribution is 0.326. The van der Waals surface area contributed by atoms with E-state index < -0.39 is 0 Å². The van der Waals surface area contributed by atoms with E-state index in [-0.39, 0.29) is 5.41 Å². The SMILES string of the molecule is COc1cccc(NC(=N)C2(C)CCNCC2)c1. The molecule has 0 aliphatic carbocycles. The van der Waals surface area contributed by atoms with Crippen LogP contribution in [0.4, 0.5) is 5.69 Å². The molecule has 0 amide bonds. The molecule has 1 saturated heterocycles. The Balaban J connectivity index is 2.05. The fourth-order valence-corrected chi connectivity index (χ4v) is 2.22. The molecule has 1 heterocycles. The molecule has 4 heteroatoms. The van der Waals surface area contributed by atoms with Crippen molar-refractivity contribution < 1.29 is 4.74 Å². The highest BCUT2D eigenvalue weighted by atomic mass is 16.5. The number of rotatable bonds is 3. The molecule has 0 aromatic heterocycles. The van der Waals surface area contributed by atoms with Gasteiger partial charge in [0.15, 0.2) is 0 Å². The summed E-state index contributed by atoms with van der Waals surface area (Å²) in [4.78, 5) is 0. The summed E-state index contributed by atoms with van der Waals surface area (Å²) in [6.07, 6.45) is 2.01. The van der Waals surface area contributed by atoms with E-state index in [1.54, 1.807) is 7.11 Å². The van der Waals surface area contributed by atoms with Crippen molar-refractivity contribution in [2.75, 3.05) is 25.5 Å². The first kappa shape index (κ1) is 12.9. The summed E-state index contributed by atoms with van der Waals surface area (Å²) in [5, 5.41) is 14.8. The standard InChI is InChI=1S/C14H21N3O/c1-14(6-8-16-9-7-14)13(15)17-11-4-3-5-12(10-11)18-2/h3-5,10,16H,6-9H2,1-2H3,(H2,15,17). The number of nitrogens with one attached hydrogen (secondary N) is 3. The lowest BCUT2D eigenvalue weighted by Crippen LogP contribution is -2.42. The van der Waals surface area contributed by atoms with E-state index in [2.05, 4.69) is 17.6 Å². The minimum absolute atomic E-state index is 0.0473. The quantitative estimate of drug-likeness (QED) is 0.568. The molecule has 0 unspecified atom stereocenters. The summed E-state index contributed by atoms with van der Waals surface area (Å²) in [5.74, 6) is 1.40. The van der Waals surface area contributed by atoms with Gasteiger partial charge in [0, 0.05) is 17.2 Å². The normalized spacial score (nSPS) is 18.1. The second kappa shape index (κ2) is 5.40. The third-order valence-electron chi connectivity index (χ3n) is 3.65. The van der Waals surface area contributed by atoms with Crippen molar-refractivity contribution in [3.8, 4) is 5.75 Å². The van der Waals surface area contributed by atoms with Crippen LogP contribution in [0.1, 0.15) is 19.8 Å². The number of anilines is 1. The van der Waals surface area contributed by atoms with Crippen molar-refractivity contribution in [1.82, 2.24) is 5.32 Å². The Kier molecular flexibility index (Phi) is 3.87. The molecule has 18 heavy (non-hydrogen) atoms. The summed E-state index contributed by atoms with van der Waals surface area (Å²) in [6.45, 7) is 4.13. The second-order valence-corrected chi connectivity index (χ2v) is 5.04. The van der Waals surface area contributed by atoms with Crippen molar-refractivity contribution in [2.24, 2.45) is 5.41 Å². The van der Waals surface area contributed by atoms with Crippen LogP contribution in [0.25, 0.3) is 0 Å². The van der Waals surface area contributed by atoms with E-state index in [0.717, 1.165) is 37.4 Å². The minimum atomic E-state index is -0.0473. The van der Waals surface area contributed by atoms with Crippen molar-refractivity contribution in [3.05, 3.63) is 24.3 Å². The number of amidine groups is 1. The molecule has 0 saturated carbocycles. The number of hydrogen-bond donors (Lipinski definition) is 3. The Morgan fingerprint density at radius 1 is 1.39 bits per heavy atom. The fraction of sp³-hybridized carbons (Fsp3) is 0.500. The highest BCUT2D eigenvalue weighted by Gasteiger charge is 2.31. The highest BCUT2D eigenvalue weighted by molar-refractivity contribution is 5.97. The van der Waals surface area contributed by atoms with Gasteiger partial charge in [-0.2, -0.15) is 0 Å². The molecule has 3 N–H and O–H groups in total. The summed E-state index contributed by atoms with van der Waals surface area (Å²) < 4.78 is 5.19. The Bertz CT molecular complexity index is 425. The molecule has 4 nitrogen and oxygen atoms in total. The lowest BCUT2D eigenvalue weighted by atomic mass is 9.79. The van der Waals surface area contributed by atoms with Gasteiger partial charge >= 0.3 is 0 Å². The van der Waals surface area contributed by atoms with Gasteiger partial charge in [-0.05, 0) is 38.1 Å². The number of ether oxygens (including phenoxy) is 1. The third kappa shape index (κ3) is 2.82. The van der Waals surface area contributed by atoms with Gasteiger partial charge in [0.25, 0.3) is 0 Å². The molecule has 0 radical (unpaired) electrons. The molecular formula is C14H21N3O. The van der Waals surface area contributed by atoms with E-state index >= 15 is 0 Å². The summed E-state index contributed by atoms with van der Waals surface area (Å²) in [7, 11) is 1.65. The van der Waals surface area contributed by atoms with Crippen molar-refractivity contribution in [2.45, 2.75) is 19.8 Å². The molecule has 0 atom stereocenters. The number of piperidine rings is 1. The average Bonchev–Trinajstić information content (AvgIpc) is 2.40. The lowest BCUT2D eigenvalue weighted by Gasteiger charge is -2.34. The zero-order valence-corrected chi connectivity index (χ0v) is 11.0. The van der Waals surface area contributed by atoms with E-state index in [9.17, 15) is 0 Å². The molecule has 0 spiro atoms. The van der Waals surface area contributed by atoms with E-state index in [1.165, 1.54) is 0 Å². The van der Waals surface area contributed by atoms with Gasteiger partial charge < -0.3 is 15.4 Å². The van der Waals surface area contributed by atoms with Crippen molar-refractivity contribution in [3.63, 3.8) is 0 Å². The maximum Gasteiger partial charge on any atom is 0.120 e. The van der Waals surface area contributed by atoms with Crippen LogP contribution >= 0.6 is 0 Å². The van der Waals surface area contributed by atoms with Crippen LogP contribution in [0, 0.1) is 10.8 Å². The van der Waals surface area contributed by atoms with Crippen LogP contribution in [0.5, 0.6) is 5.75 Å². The van der Waals surface area contributed by atoms with Gasteiger partial charge in [-0.15, -0.1) is 0 Å². The van der Waals surface area contributed by atoms with Crippen LogP contribution in [0.15, 0.2) is 24.3 Å². The van der Waals surface area contributed by atoms with Gasteiger partial charge in [0.1, 0.15) is 11.6 Å². The number of hydrogen-bond acceptors (Lipinski definition) is 3. The largest absolute Gasteiger partial charge is 0.497 e. The van der Waals surface area contributed by atoms with Crippen LogP contribution in [0.3, 0.4) is 0 Å². The Morgan fingerprint density at radius 2 is 2.11 bits per heavy atom. The van der Waals surface area contributed by atoms with Gasteiger partial charge in [0.2, 0.25) is 0 Å². The number of benzene rings is 1. The zero-order chi connectivity index (χ0) is 13.0. The van der Waals surface area contributed by atoms with Crippen molar-refractivity contribution >= 4 is 11.5 Å². The molecule has 2 rings (SSSR count). The topological polar surface area (TPSA) is 57.1 Å². The van der Waals surface area contributed by atoms with Gasteiger partial charge in [-0.3, -0.25) is 5.41 Å². The van der Waals surface area contributed by atoms with Gasteiger partial charge in [0.05, 0.1) is 7.11 Å². The van der Waals surface area contributed by atoms with Crippen LogP contribution in [0.2, 0.25) is 0 Å². The maximum absolute atomic E-state index is 8.27. The Morgan fingerprint density at radius 3 is 2.78 bits per heavy atom. The molecule has 0 bridgehead atoms. The van der Waals surface area contributed by atoms with Gasteiger partial charge in [-0.25, -0.2) is 0 Å². The Hall–Kier alpha value is -1.55. The van der Waals surface area contributed by atoms with E-state index in [4.69, 9.17) is 10.1 Å². The summed E-state index contributed by atoms with van der Waals surface area (Å²) in [5.41, 5.74) is 0.869. The van der Waals surface area contributed by atoms with Gasteiger partial charge in [-0.1, -0.05) is 13.0 Å². The molecule has 98 valence electrons. The molecule has 1 aromatic carbocycles. The van der Waals surface area contributed by atoms with Crippen molar-refractivity contribution in [1.29, 1.82) is 5.41 Å². The molecule has 1 aliphatic heterocycles. The first-order valence-electron chi connectivity index (χ1n) is 6.35. The van der Waals surface area contributed by atoms with E-state index in [0.29, 0.717) is 5.84 Å². The predicted molar refractivity (Wildman–Crippen MR) is 74.6 cm³/mol. The summed E-state index contributed by atoms with van der Waals surface area (Å²) in [6, 6.07) is 7.71. The third-order valence-corrected chi connectivity index (χ3v) is 3.65. The second-order valence-electron chi connectivity index (χ2n) is 5.04. The maximum atomic E-state index is 8.27. The van der Waals surface area contributed by atoms with Crippen LogP contribution in [-0.4, -0.2) is 26.0 Å². The molecule has 1 aromatic rings. The highest BCUT2D eigenvalue weighted by Crippen LogP contribution is 2.30. The Labute approximate surface area is 108 Å².